The predicted octanol–water partition coefficient (Wildman–Crippen LogP) is 10.3. The Morgan fingerprint density at radius 2 is 1.20 bits per heavy atom. The lowest BCUT2D eigenvalue weighted by molar-refractivity contribution is -0.0718. The van der Waals surface area contributed by atoms with Crippen LogP contribution < -0.4 is 0 Å². The topological polar surface area (TPSA) is 79.3 Å². The van der Waals surface area contributed by atoms with Crippen LogP contribution in [0.5, 0.6) is 0 Å². The minimum absolute atomic E-state index is 0.0234. The molecule has 50 heavy (non-hydrogen) atoms. The van der Waals surface area contributed by atoms with E-state index in [-0.39, 0.29) is 30.9 Å². The molecule has 2 saturated heterocycles. The molecule has 6 rings (SSSR count). The van der Waals surface area contributed by atoms with Crippen molar-refractivity contribution < 1.29 is 24.2 Å². The molecule has 0 bridgehead atoms. The van der Waals surface area contributed by atoms with Gasteiger partial charge in [-0.1, -0.05) is 119 Å². The average molecular weight is 760 g/mol. The molecular weight excluding hydrogens is 716 g/mol. The van der Waals surface area contributed by atoms with Crippen LogP contribution in [0.4, 0.5) is 9.59 Å². The van der Waals surface area contributed by atoms with Crippen LogP contribution in [-0.2, 0) is 20.7 Å². The van der Waals surface area contributed by atoms with Gasteiger partial charge in [0.15, 0.2) is 0 Å². The highest BCUT2D eigenvalue weighted by Gasteiger charge is 2.44. The van der Waals surface area contributed by atoms with Gasteiger partial charge in [0.1, 0.15) is 11.2 Å². The number of aliphatic hydroxyl groups is 1. The van der Waals surface area contributed by atoms with E-state index in [0.29, 0.717) is 37.4 Å². The number of nitrogens with zero attached hydrogens (tertiary/aromatic N) is 2. The van der Waals surface area contributed by atoms with Crippen molar-refractivity contribution in [2.75, 3.05) is 19.7 Å². The first-order valence-electron chi connectivity index (χ1n) is 16.9. The Morgan fingerprint density at radius 1 is 0.760 bits per heavy atom. The SMILES string of the molecule is C=CC[C@]1(c2ccccc2)CCN([C@@H](C)c2ccc(Cl)cc2)C(=O)O1.C[C@@H](c1ccc(Br)cc1)N1CC[C@](CCO)(c2ccccc2)OC1=O. The molecule has 0 saturated carbocycles. The molecule has 2 heterocycles. The number of amides is 2. The van der Waals surface area contributed by atoms with Crippen LogP contribution in [0.3, 0.4) is 0 Å². The highest BCUT2D eigenvalue weighted by Crippen LogP contribution is 2.41. The van der Waals surface area contributed by atoms with Crippen molar-refractivity contribution in [1.29, 1.82) is 0 Å². The van der Waals surface area contributed by atoms with E-state index in [4.69, 9.17) is 21.1 Å². The van der Waals surface area contributed by atoms with Crippen LogP contribution in [-0.4, -0.2) is 46.8 Å². The third-order valence-corrected chi connectivity index (χ3v) is 10.6. The van der Waals surface area contributed by atoms with Crippen molar-refractivity contribution in [3.8, 4) is 0 Å². The Balaban J connectivity index is 0.000000194. The minimum atomic E-state index is -0.747. The van der Waals surface area contributed by atoms with Gasteiger partial charge in [-0.3, -0.25) is 0 Å². The molecule has 4 aromatic carbocycles. The van der Waals surface area contributed by atoms with E-state index in [9.17, 15) is 14.7 Å². The van der Waals surface area contributed by atoms with Crippen molar-refractivity contribution in [3.05, 3.63) is 154 Å². The molecule has 0 aromatic heterocycles. The van der Waals surface area contributed by atoms with Crippen LogP contribution in [0.25, 0.3) is 0 Å². The molecule has 4 aromatic rings. The van der Waals surface area contributed by atoms with E-state index >= 15 is 0 Å². The molecule has 7 nitrogen and oxygen atoms in total. The number of ether oxygens (including phenoxy) is 2. The number of hydrogen-bond donors (Lipinski definition) is 1. The maximum absolute atomic E-state index is 12.8. The second-order valence-corrected chi connectivity index (χ2v) is 14.1. The molecule has 262 valence electrons. The lowest BCUT2D eigenvalue weighted by Gasteiger charge is -2.43. The normalized spacial score (nSPS) is 21.6. The zero-order valence-electron chi connectivity index (χ0n) is 28.5. The molecule has 1 N–H and O–H groups in total. The number of carbonyl (C=O) groups excluding carboxylic acids is 2. The molecular formula is C41H44BrClN2O5. The second-order valence-electron chi connectivity index (χ2n) is 12.8. The molecule has 2 amide bonds. The van der Waals surface area contributed by atoms with Gasteiger partial charge < -0.3 is 24.4 Å². The lowest BCUT2D eigenvalue weighted by atomic mass is 9.85. The van der Waals surface area contributed by atoms with Gasteiger partial charge in [0.25, 0.3) is 0 Å². The maximum atomic E-state index is 12.8. The van der Waals surface area contributed by atoms with E-state index < -0.39 is 11.2 Å². The predicted molar refractivity (Wildman–Crippen MR) is 201 cm³/mol. The molecule has 2 aliphatic rings. The Labute approximate surface area is 308 Å². The van der Waals surface area contributed by atoms with Crippen molar-refractivity contribution >= 4 is 39.7 Å². The van der Waals surface area contributed by atoms with Crippen LogP contribution in [0.1, 0.15) is 73.9 Å². The first kappa shape index (κ1) is 37.2. The summed E-state index contributed by atoms with van der Waals surface area (Å²) >= 11 is 9.39. The lowest BCUT2D eigenvalue weighted by Crippen LogP contribution is -2.49. The van der Waals surface area contributed by atoms with Crippen LogP contribution in [0.2, 0.25) is 5.02 Å². The summed E-state index contributed by atoms with van der Waals surface area (Å²) in [7, 11) is 0. The standard InChI is InChI=1S/C21H22ClNO2.C20H22BrNO3/c1-3-13-21(18-7-5-4-6-8-18)14-15-23(20(24)25-21)16(2)17-9-11-19(22)12-10-17;1-15(16-7-9-18(21)10-8-16)22-13-11-20(12-14-23,25-19(22)24)17-5-3-2-4-6-17/h3-12,16H,1,13-15H2,2H3;2-10,15,23H,11-14H2,1H3/t16-,21+;15-,20-/m00/s1. The second kappa shape index (κ2) is 16.7. The van der Waals surface area contributed by atoms with Crippen LogP contribution in [0.15, 0.2) is 126 Å². The summed E-state index contributed by atoms with van der Waals surface area (Å²) < 4.78 is 12.9. The highest BCUT2D eigenvalue weighted by molar-refractivity contribution is 9.10. The minimum Gasteiger partial charge on any atom is -0.438 e. The molecule has 0 spiro atoms. The molecule has 2 fully saturated rings. The fraction of sp³-hybridized carbons (Fsp3) is 0.317. The molecule has 0 aliphatic carbocycles. The summed E-state index contributed by atoms with van der Waals surface area (Å²) in [6, 6.07) is 35.0. The van der Waals surface area contributed by atoms with Gasteiger partial charge in [-0.2, -0.15) is 0 Å². The maximum Gasteiger partial charge on any atom is 0.411 e. The summed E-state index contributed by atoms with van der Waals surface area (Å²) in [5, 5.41) is 10.2. The third kappa shape index (κ3) is 8.43. The summed E-state index contributed by atoms with van der Waals surface area (Å²) in [5.74, 6) is 0. The van der Waals surface area contributed by atoms with Gasteiger partial charge in [-0.15, -0.1) is 6.58 Å². The van der Waals surface area contributed by atoms with Gasteiger partial charge in [0, 0.05) is 54.9 Å². The monoisotopic (exact) mass is 758 g/mol. The zero-order chi connectivity index (χ0) is 35.7. The summed E-state index contributed by atoms with van der Waals surface area (Å²) in [6.07, 6.45) is 3.59. The number of carbonyl (C=O) groups is 2. The fourth-order valence-electron chi connectivity index (χ4n) is 6.77. The van der Waals surface area contributed by atoms with Crippen LogP contribution in [0, 0.1) is 0 Å². The van der Waals surface area contributed by atoms with E-state index in [1.165, 1.54) is 0 Å². The van der Waals surface area contributed by atoms with E-state index in [2.05, 4.69) is 22.5 Å². The van der Waals surface area contributed by atoms with Crippen LogP contribution >= 0.6 is 27.5 Å². The number of cyclic esters (lactones) is 2. The van der Waals surface area contributed by atoms with Gasteiger partial charge in [0.05, 0.1) is 12.1 Å². The van der Waals surface area contributed by atoms with E-state index in [1.54, 1.807) is 9.80 Å². The Hall–Kier alpha value is -4.11. The number of aliphatic hydroxyl groups excluding tert-OH is 1. The molecule has 0 unspecified atom stereocenters. The smallest absolute Gasteiger partial charge is 0.411 e. The Kier molecular flexibility index (Phi) is 12.4. The summed E-state index contributed by atoms with van der Waals surface area (Å²) in [5.41, 5.74) is 2.68. The van der Waals surface area contributed by atoms with E-state index in [1.807, 2.05) is 129 Å². The Morgan fingerprint density at radius 3 is 1.66 bits per heavy atom. The fourth-order valence-corrected chi connectivity index (χ4v) is 7.16. The summed E-state index contributed by atoms with van der Waals surface area (Å²) in [6.45, 7) is 9.05. The number of rotatable bonds is 10. The van der Waals surface area contributed by atoms with Gasteiger partial charge in [-0.05, 0) is 60.4 Å². The summed E-state index contributed by atoms with van der Waals surface area (Å²) in [4.78, 5) is 29.1. The number of hydrogen-bond acceptors (Lipinski definition) is 5. The first-order valence-corrected chi connectivity index (χ1v) is 18.1. The van der Waals surface area contributed by atoms with Gasteiger partial charge in [-0.25, -0.2) is 9.59 Å². The molecule has 4 atom stereocenters. The number of benzene rings is 4. The van der Waals surface area contributed by atoms with Crippen molar-refractivity contribution in [3.63, 3.8) is 0 Å². The number of halogens is 2. The van der Waals surface area contributed by atoms with Gasteiger partial charge >= 0.3 is 12.2 Å². The van der Waals surface area contributed by atoms with E-state index in [0.717, 1.165) is 33.1 Å². The quantitative estimate of drug-likeness (QED) is 0.163. The Bertz CT molecular complexity index is 1720. The average Bonchev–Trinajstić information content (AvgIpc) is 3.13. The first-order chi connectivity index (χ1) is 24.1. The molecule has 2 aliphatic heterocycles. The van der Waals surface area contributed by atoms with Crippen molar-refractivity contribution in [2.24, 2.45) is 0 Å². The highest BCUT2D eigenvalue weighted by atomic mass is 79.9. The third-order valence-electron chi connectivity index (χ3n) is 9.78. The zero-order valence-corrected chi connectivity index (χ0v) is 30.9. The molecule has 0 radical (unpaired) electrons. The van der Waals surface area contributed by atoms with Gasteiger partial charge in [0.2, 0.25) is 0 Å². The largest absolute Gasteiger partial charge is 0.438 e. The van der Waals surface area contributed by atoms with Crippen molar-refractivity contribution in [2.45, 2.75) is 62.8 Å². The molecule has 9 heteroatoms. The van der Waals surface area contributed by atoms with Crippen molar-refractivity contribution in [1.82, 2.24) is 9.80 Å².